The fourth-order valence-electron chi connectivity index (χ4n) is 17.9. The number of hydrogen-bond donors (Lipinski definition) is 8. The summed E-state index contributed by atoms with van der Waals surface area (Å²) in [6.07, 6.45) is 4.19. The lowest BCUT2D eigenvalue weighted by Crippen LogP contribution is -2.45. The summed E-state index contributed by atoms with van der Waals surface area (Å²) >= 11 is 0. The Hall–Kier alpha value is -14.5. The summed E-state index contributed by atoms with van der Waals surface area (Å²) < 4.78 is 5.27. The second-order valence-corrected chi connectivity index (χ2v) is 33.8. The van der Waals surface area contributed by atoms with Gasteiger partial charge in [-0.25, -0.2) is 0 Å². The lowest BCUT2D eigenvalue weighted by Gasteiger charge is -2.40. The number of benzene rings is 11. The Balaban J connectivity index is 0.000000157. The summed E-state index contributed by atoms with van der Waals surface area (Å²) in [4.78, 5) is 116. The molecular formula is C108H118N12O10. The molecule has 0 aromatic heterocycles. The van der Waals surface area contributed by atoms with E-state index >= 15 is 0 Å². The minimum Gasteiger partial charge on any atom is -0.497 e. The predicted octanol–water partition coefficient (Wildman–Crippen LogP) is 20.9. The van der Waals surface area contributed by atoms with Gasteiger partial charge in [0.1, 0.15) is 5.75 Å². The van der Waals surface area contributed by atoms with Gasteiger partial charge < -0.3 is 66.9 Å². The zero-order valence-electron chi connectivity index (χ0n) is 76.6. The molecule has 0 bridgehead atoms. The number of fused-ring (bicyclic) bond motifs is 4. The van der Waals surface area contributed by atoms with Gasteiger partial charge in [0.25, 0.3) is 0 Å². The number of rotatable bonds is 21. The Morgan fingerprint density at radius 2 is 0.638 bits per heavy atom. The molecule has 15 rings (SSSR count). The molecule has 0 unspecified atom stereocenters. The summed E-state index contributed by atoms with van der Waals surface area (Å²) in [5.74, 6) is 0.409. The molecule has 11 aromatic carbocycles. The Labute approximate surface area is 763 Å². The molecule has 0 radical (unpaired) electrons. The van der Waals surface area contributed by atoms with Gasteiger partial charge in [-0.15, -0.1) is 0 Å². The molecule has 0 fully saturated rings. The lowest BCUT2D eigenvalue weighted by atomic mass is 9.88. The zero-order valence-corrected chi connectivity index (χ0v) is 76.6. The van der Waals surface area contributed by atoms with Gasteiger partial charge in [-0.2, -0.15) is 0 Å². The van der Waals surface area contributed by atoms with E-state index in [0.717, 1.165) is 173 Å². The smallest absolute Gasteiger partial charge is 0.224 e. The first-order valence-corrected chi connectivity index (χ1v) is 44.2. The second kappa shape index (κ2) is 43.3. The van der Waals surface area contributed by atoms with Gasteiger partial charge >= 0.3 is 0 Å². The van der Waals surface area contributed by atoms with Crippen molar-refractivity contribution >= 4 is 104 Å². The summed E-state index contributed by atoms with van der Waals surface area (Å²) in [7, 11) is 1.65. The van der Waals surface area contributed by atoms with Gasteiger partial charge in [0.05, 0.1) is 31.7 Å². The summed E-state index contributed by atoms with van der Waals surface area (Å²) in [5.41, 5.74) is 23.8. The number of allylic oxidation sites excluding steroid dienone is 1. The molecule has 9 amide bonds. The maximum absolute atomic E-state index is 12.9. The summed E-state index contributed by atoms with van der Waals surface area (Å²) in [6, 6.07) is 83.6. The molecule has 4 aliphatic heterocycles. The van der Waals surface area contributed by atoms with Crippen LogP contribution in [0.15, 0.2) is 274 Å². The van der Waals surface area contributed by atoms with E-state index in [1.54, 1.807) is 39.7 Å². The lowest BCUT2D eigenvalue weighted by molar-refractivity contribution is -0.121. The minimum atomic E-state index is -0.213. The maximum Gasteiger partial charge on any atom is 0.224 e. The topological polar surface area (TPSA) is 272 Å². The number of carbonyl (C=O) groups is 9. The first-order valence-electron chi connectivity index (χ1n) is 44.2. The van der Waals surface area contributed by atoms with Crippen molar-refractivity contribution in [3.63, 3.8) is 0 Å². The van der Waals surface area contributed by atoms with Crippen LogP contribution < -0.4 is 66.9 Å². The van der Waals surface area contributed by atoms with Crippen molar-refractivity contribution in [1.82, 2.24) is 21.3 Å². The van der Waals surface area contributed by atoms with E-state index in [2.05, 4.69) is 114 Å². The van der Waals surface area contributed by atoms with Gasteiger partial charge in [-0.3, -0.25) is 43.2 Å². The average molecular weight is 1740 g/mol. The van der Waals surface area contributed by atoms with Crippen molar-refractivity contribution in [3.8, 4) is 50.3 Å². The van der Waals surface area contributed by atoms with Crippen LogP contribution in [-0.2, 0) is 56.1 Å². The Bertz CT molecular complexity index is 6020. The zero-order chi connectivity index (χ0) is 93.1. The number of nitrogens with one attached hydrogen (secondary N) is 8. The Morgan fingerprint density at radius 3 is 0.954 bits per heavy atom. The van der Waals surface area contributed by atoms with Gasteiger partial charge in [0.15, 0.2) is 0 Å². The van der Waals surface area contributed by atoms with E-state index in [4.69, 9.17) is 4.74 Å². The quantitative estimate of drug-likeness (QED) is 0.0333. The van der Waals surface area contributed by atoms with Crippen LogP contribution in [0.1, 0.15) is 185 Å². The van der Waals surface area contributed by atoms with Crippen LogP contribution in [-0.4, -0.2) is 84.4 Å². The third-order valence-electron chi connectivity index (χ3n) is 23.7. The fraction of sp³-hybridized carbons (Fsp3) is 0.269. The fourth-order valence-corrected chi connectivity index (χ4v) is 17.9. The first kappa shape index (κ1) is 94.6. The molecule has 0 saturated heterocycles. The van der Waals surface area contributed by atoms with Crippen molar-refractivity contribution < 1.29 is 47.9 Å². The monoisotopic (exact) mass is 1740 g/mol. The highest BCUT2D eigenvalue weighted by molar-refractivity contribution is 5.99. The summed E-state index contributed by atoms with van der Waals surface area (Å²) in [6.45, 7) is 31.9. The van der Waals surface area contributed by atoms with Crippen LogP contribution in [0.2, 0.25) is 0 Å². The van der Waals surface area contributed by atoms with Crippen molar-refractivity contribution in [1.29, 1.82) is 0 Å². The number of carbonyl (C=O) groups excluding carboxylic acids is 9. The molecule has 130 heavy (non-hydrogen) atoms. The van der Waals surface area contributed by atoms with Crippen molar-refractivity contribution in [2.24, 2.45) is 0 Å². The highest BCUT2D eigenvalue weighted by Crippen LogP contribution is 2.46. The molecule has 22 heteroatoms. The maximum atomic E-state index is 12.9. The largest absolute Gasteiger partial charge is 0.497 e. The molecule has 8 N–H and O–H groups in total. The van der Waals surface area contributed by atoms with Gasteiger partial charge in [-0.1, -0.05) is 154 Å². The molecule has 4 aliphatic rings. The standard InChI is InChI=1S/C29H31N3O3.C28H29N3O3.C27H29N3O2.C24H29N3O2/c1-18-15-28(30-19(2)22-9-12-26(35-5)13-10-22)27-17-24(11-14-29(27)32(18)21(4)34)23-7-6-8-25(16-23)31-20(3)33;1-18-14-26(30-28(34)15-21-8-5-4-6-9-21)25-17-23(12-13-27(25)31(18)20(3)33)22-10-7-11-24(16-22)29-19(2)32;1-18-14-26(28-17-21-8-5-4-6-9-21)25-16-23(12-13-27(25)30(18)20(3)32)22-10-7-11-24(15-22)29-19(2)31;1-6-15(2)25-23-12-16(3)27(18(5)29)24-11-10-20(14-22(23)24)19-8-7-9-21(13-19)26-17(4)28/h6-14,16-18,28,30H,2,15H2,1,3-5H3,(H,31,33);4-13,16-18,26H,14-15H2,1-3H3,(H,29,32)(H,30,34);4-13,15-16,18,26,28H,14,17H2,1-3H3,(H,29,31);7-11,13-14,16,23,25H,2,6,12H2,1,3-5H3,(H,26,28)/t18-,28+;2*18-,26+;16-,23+/m0000/s1. The van der Waals surface area contributed by atoms with Crippen LogP contribution in [0.25, 0.3) is 50.2 Å². The van der Waals surface area contributed by atoms with E-state index in [-0.39, 0.29) is 101 Å². The number of nitrogens with zero attached hydrogens (tertiary/aromatic N) is 4. The number of anilines is 8. The third kappa shape index (κ3) is 24.0. The second-order valence-electron chi connectivity index (χ2n) is 33.8. The van der Waals surface area contributed by atoms with Crippen LogP contribution in [0.3, 0.4) is 0 Å². The molecule has 8 atom stereocenters. The highest BCUT2D eigenvalue weighted by atomic mass is 16.5. The highest BCUT2D eigenvalue weighted by Gasteiger charge is 2.38. The average Bonchev–Trinajstić information content (AvgIpc) is 0.772. The first-order chi connectivity index (χ1) is 62.3. The molecule has 4 heterocycles. The third-order valence-corrected chi connectivity index (χ3v) is 23.7. The van der Waals surface area contributed by atoms with E-state index in [0.29, 0.717) is 12.8 Å². The normalized spacial score (nSPS) is 17.3. The predicted molar refractivity (Wildman–Crippen MR) is 524 cm³/mol. The Kier molecular flexibility index (Phi) is 31.5. The Morgan fingerprint density at radius 1 is 0.338 bits per heavy atom. The van der Waals surface area contributed by atoms with E-state index in [1.807, 2.05) is 246 Å². The van der Waals surface area contributed by atoms with E-state index < -0.39 is 0 Å². The van der Waals surface area contributed by atoms with Gasteiger partial charge in [0, 0.05) is 149 Å². The number of amides is 9. The van der Waals surface area contributed by atoms with Gasteiger partial charge in [-0.05, 0) is 265 Å². The summed E-state index contributed by atoms with van der Waals surface area (Å²) in [5, 5.41) is 25.4. The van der Waals surface area contributed by atoms with E-state index in [9.17, 15) is 43.2 Å². The van der Waals surface area contributed by atoms with Gasteiger partial charge in [0.2, 0.25) is 53.2 Å². The van der Waals surface area contributed by atoms with Crippen LogP contribution in [0.4, 0.5) is 45.5 Å². The van der Waals surface area contributed by atoms with Crippen LogP contribution in [0.5, 0.6) is 5.75 Å². The number of ether oxygens (including phenoxy) is 1. The number of hydrogen-bond acceptors (Lipinski definition) is 13. The molecule has 0 spiro atoms. The van der Waals surface area contributed by atoms with Crippen LogP contribution in [0, 0.1) is 0 Å². The molecular weight excluding hydrogens is 1630 g/mol. The van der Waals surface area contributed by atoms with E-state index in [1.165, 1.54) is 33.3 Å². The van der Waals surface area contributed by atoms with Crippen molar-refractivity contribution in [3.05, 3.63) is 313 Å². The van der Waals surface area contributed by atoms with Crippen molar-refractivity contribution in [2.45, 2.75) is 183 Å². The molecule has 0 aliphatic carbocycles. The number of methoxy groups -OCH3 is 1. The van der Waals surface area contributed by atoms with Crippen LogP contribution >= 0.6 is 0 Å². The van der Waals surface area contributed by atoms with Crippen molar-refractivity contribution in [2.75, 3.05) is 48.0 Å². The molecule has 670 valence electrons. The molecule has 11 aromatic rings. The SMILES string of the molecule is C=C(CC)N[C@@H]1C[C@H](C)N(C(C)=O)c2ccc(-c3cccc(NC(C)=O)c3)cc21.C=C(N[C@@H]1C[C@H](C)N(C(C)=O)c2ccc(-c3cccc(NC(C)=O)c3)cc21)c1ccc(OC)cc1.CC(=O)Nc1cccc(-c2ccc3c(c2)[C@H](NC(=O)Cc2ccccc2)C[C@H](C)N3C(C)=O)c1.CC(=O)Nc1cccc(-c2ccc3c(c2)[C@H](NCc2ccccc2)C[C@H](C)N3C(C)=O)c1. The molecule has 0 saturated carbocycles. The minimum absolute atomic E-state index is 0.0200. The molecule has 22 nitrogen and oxygen atoms in total.